The van der Waals surface area contributed by atoms with E-state index in [2.05, 4.69) is 4.74 Å². The molecule has 0 aliphatic carbocycles. The van der Waals surface area contributed by atoms with Crippen LogP contribution in [0.15, 0.2) is 25.5 Å². The molecular weight excluding hydrogens is 286 g/mol. The van der Waals surface area contributed by atoms with Crippen molar-refractivity contribution < 1.29 is 19.7 Å². The molecule has 0 bridgehead atoms. The molecule has 1 aromatic heterocycles. The Balaban J connectivity index is 3.05. The molecule has 0 unspecified atom stereocenters. The van der Waals surface area contributed by atoms with Crippen LogP contribution in [0.4, 0.5) is 0 Å². The highest BCUT2D eigenvalue weighted by atomic mass is 16.8. The molecule has 0 saturated heterocycles. The number of aliphatic hydroxyl groups is 2. The maximum atomic E-state index is 11.6. The molecule has 10 heteroatoms. The number of esters is 1. The number of ether oxygens (including phenoxy) is 1. The molecule has 0 aliphatic heterocycles. The lowest BCUT2D eigenvalue weighted by atomic mass is 10.2. The highest BCUT2D eigenvalue weighted by Crippen LogP contribution is 2.11. The predicted molar refractivity (Wildman–Crippen MR) is 69.3 cm³/mol. The molecule has 0 fully saturated rings. The molecular formula is C11H15N3O7. The summed E-state index contributed by atoms with van der Waals surface area (Å²) in [7, 11) is 0. The molecule has 4 N–H and O–H groups in total. The van der Waals surface area contributed by atoms with E-state index >= 15 is 0 Å². The number of hydrogen-bond donors (Lipinski definition) is 4. The molecule has 0 radical (unpaired) electrons. The molecule has 21 heavy (non-hydrogen) atoms. The zero-order chi connectivity index (χ0) is 16.4. The number of allylic oxidation sites excluding steroid dienone is 1. The van der Waals surface area contributed by atoms with Crippen LogP contribution in [0.2, 0.25) is 0 Å². The number of H-pyrrole nitrogens is 2. The van der Waals surface area contributed by atoms with Gasteiger partial charge >= 0.3 is 29.0 Å². The Morgan fingerprint density at radius 2 is 1.62 bits per heavy atom. The SMILES string of the molecule is CC(C)=C(C)C(=O)OC(O)(O)Cn1c(=O)[nH]c(=O)[nH]c1=O. The van der Waals surface area contributed by atoms with Gasteiger partial charge in [0.25, 0.3) is 0 Å². The van der Waals surface area contributed by atoms with E-state index in [1.54, 1.807) is 23.8 Å². The molecule has 1 rings (SSSR count). The Labute approximate surface area is 117 Å². The normalized spacial score (nSPS) is 11.1. The van der Waals surface area contributed by atoms with Crippen LogP contribution < -0.4 is 17.1 Å². The minimum absolute atomic E-state index is 0.144. The number of nitrogens with zero attached hydrogens (tertiary/aromatic N) is 1. The summed E-state index contributed by atoms with van der Waals surface area (Å²) in [5.41, 5.74) is -2.66. The Kier molecular flexibility index (Phi) is 4.66. The van der Waals surface area contributed by atoms with Crippen molar-refractivity contribution in [2.75, 3.05) is 0 Å². The molecule has 0 atom stereocenters. The first-order valence-electron chi connectivity index (χ1n) is 5.79. The number of carbonyl (C=O) groups excluding carboxylic acids is 1. The number of carbonyl (C=O) groups is 1. The average molecular weight is 301 g/mol. The van der Waals surface area contributed by atoms with E-state index in [-0.39, 0.29) is 10.1 Å². The standard InChI is InChI=1S/C11H15N3O7/c1-5(2)6(3)7(15)21-11(19,20)4-14-9(17)12-8(16)13-10(14)18/h19-20H,4H2,1-3H3,(H2,12,13,16,17,18). The minimum atomic E-state index is -3.09. The third-order valence-electron chi connectivity index (χ3n) is 2.61. The van der Waals surface area contributed by atoms with Crippen molar-refractivity contribution in [2.45, 2.75) is 33.3 Å². The molecule has 116 valence electrons. The summed E-state index contributed by atoms with van der Waals surface area (Å²) >= 11 is 0. The Morgan fingerprint density at radius 3 is 2.05 bits per heavy atom. The van der Waals surface area contributed by atoms with Crippen molar-refractivity contribution in [3.05, 3.63) is 42.6 Å². The Hall–Kier alpha value is -2.46. The summed E-state index contributed by atoms with van der Waals surface area (Å²) in [6.07, 6.45) is 0. The number of aromatic amines is 2. The number of aromatic nitrogens is 3. The van der Waals surface area contributed by atoms with E-state index in [0.29, 0.717) is 5.57 Å². The van der Waals surface area contributed by atoms with E-state index in [1.807, 2.05) is 0 Å². The quantitative estimate of drug-likeness (QED) is 0.278. The topological polar surface area (TPSA) is 154 Å². The third kappa shape index (κ3) is 4.26. The number of hydrogen-bond acceptors (Lipinski definition) is 7. The second-order valence-electron chi connectivity index (χ2n) is 4.53. The summed E-state index contributed by atoms with van der Waals surface area (Å²) in [5.74, 6) is -4.11. The first-order chi connectivity index (χ1) is 9.53. The zero-order valence-corrected chi connectivity index (χ0v) is 11.6. The lowest BCUT2D eigenvalue weighted by Gasteiger charge is -2.21. The van der Waals surface area contributed by atoms with Gasteiger partial charge in [-0.15, -0.1) is 0 Å². The van der Waals surface area contributed by atoms with E-state index < -0.39 is 35.6 Å². The van der Waals surface area contributed by atoms with Crippen LogP contribution in [0, 0.1) is 0 Å². The fourth-order valence-electron chi connectivity index (χ4n) is 1.26. The highest BCUT2D eigenvalue weighted by Gasteiger charge is 2.31. The second-order valence-corrected chi connectivity index (χ2v) is 4.53. The van der Waals surface area contributed by atoms with Gasteiger partial charge in [0.05, 0.1) is 0 Å². The van der Waals surface area contributed by atoms with Gasteiger partial charge in [-0.05, 0) is 20.8 Å². The predicted octanol–water partition coefficient (Wildman–Crippen LogP) is -2.24. The lowest BCUT2D eigenvalue weighted by Crippen LogP contribution is -2.50. The molecule has 0 amide bonds. The average Bonchev–Trinajstić information content (AvgIpc) is 2.32. The highest BCUT2D eigenvalue weighted by molar-refractivity contribution is 5.88. The van der Waals surface area contributed by atoms with Crippen molar-refractivity contribution >= 4 is 5.97 Å². The summed E-state index contributed by atoms with van der Waals surface area (Å²) < 4.78 is 4.69. The first kappa shape index (κ1) is 16.6. The van der Waals surface area contributed by atoms with Crippen molar-refractivity contribution in [2.24, 2.45) is 0 Å². The van der Waals surface area contributed by atoms with E-state index in [0.717, 1.165) is 0 Å². The lowest BCUT2D eigenvalue weighted by molar-refractivity contribution is -0.324. The van der Waals surface area contributed by atoms with Crippen LogP contribution in [0.1, 0.15) is 20.8 Å². The summed E-state index contributed by atoms with van der Waals surface area (Å²) in [6.45, 7) is 3.57. The molecule has 0 aliphatic rings. The van der Waals surface area contributed by atoms with Crippen LogP contribution in [0.3, 0.4) is 0 Å². The van der Waals surface area contributed by atoms with Gasteiger partial charge in [0.2, 0.25) is 0 Å². The fourth-order valence-corrected chi connectivity index (χ4v) is 1.26. The molecule has 0 spiro atoms. The number of rotatable bonds is 4. The molecule has 1 aromatic rings. The van der Waals surface area contributed by atoms with Crippen LogP contribution in [-0.4, -0.2) is 36.7 Å². The van der Waals surface area contributed by atoms with Gasteiger partial charge < -0.3 is 14.9 Å². The van der Waals surface area contributed by atoms with Gasteiger partial charge in [-0.2, -0.15) is 0 Å². The van der Waals surface area contributed by atoms with Crippen molar-refractivity contribution in [1.29, 1.82) is 0 Å². The van der Waals surface area contributed by atoms with Crippen molar-refractivity contribution in [3.8, 4) is 0 Å². The maximum Gasteiger partial charge on any atom is 0.343 e. The smallest absolute Gasteiger partial charge is 0.343 e. The van der Waals surface area contributed by atoms with Gasteiger partial charge in [0, 0.05) is 5.57 Å². The molecule has 0 saturated carbocycles. The van der Waals surface area contributed by atoms with Crippen LogP contribution in [-0.2, 0) is 16.1 Å². The monoisotopic (exact) mass is 301 g/mol. The van der Waals surface area contributed by atoms with Crippen LogP contribution in [0.25, 0.3) is 0 Å². The van der Waals surface area contributed by atoms with Gasteiger partial charge in [0.15, 0.2) is 0 Å². The molecule has 10 nitrogen and oxygen atoms in total. The fraction of sp³-hybridized carbons (Fsp3) is 0.455. The van der Waals surface area contributed by atoms with E-state index in [9.17, 15) is 29.4 Å². The number of nitrogens with one attached hydrogen (secondary N) is 2. The zero-order valence-electron chi connectivity index (χ0n) is 11.6. The summed E-state index contributed by atoms with van der Waals surface area (Å²) in [4.78, 5) is 48.6. The van der Waals surface area contributed by atoms with Gasteiger partial charge in [0.1, 0.15) is 6.54 Å². The largest absolute Gasteiger partial charge is 0.403 e. The maximum absolute atomic E-state index is 11.6. The van der Waals surface area contributed by atoms with Crippen molar-refractivity contribution in [3.63, 3.8) is 0 Å². The Morgan fingerprint density at radius 1 is 1.14 bits per heavy atom. The van der Waals surface area contributed by atoms with Crippen LogP contribution >= 0.6 is 0 Å². The Bertz CT molecular complexity index is 712. The third-order valence-corrected chi connectivity index (χ3v) is 2.61. The van der Waals surface area contributed by atoms with Gasteiger partial charge in [-0.1, -0.05) is 5.57 Å². The van der Waals surface area contributed by atoms with E-state index in [1.165, 1.54) is 6.92 Å². The second kappa shape index (κ2) is 5.89. The molecule has 0 aromatic carbocycles. The summed E-state index contributed by atoms with van der Waals surface area (Å²) in [5, 5.41) is 19.1. The van der Waals surface area contributed by atoms with Crippen LogP contribution in [0.5, 0.6) is 0 Å². The van der Waals surface area contributed by atoms with E-state index in [4.69, 9.17) is 0 Å². The van der Waals surface area contributed by atoms with Gasteiger partial charge in [-0.25, -0.2) is 23.7 Å². The first-order valence-corrected chi connectivity index (χ1v) is 5.79. The van der Waals surface area contributed by atoms with Crippen molar-refractivity contribution in [1.82, 2.24) is 14.5 Å². The summed E-state index contributed by atoms with van der Waals surface area (Å²) in [6, 6.07) is 0. The van der Waals surface area contributed by atoms with Gasteiger partial charge in [-0.3, -0.25) is 9.97 Å². The minimum Gasteiger partial charge on any atom is -0.403 e. The molecule has 1 heterocycles.